The van der Waals surface area contributed by atoms with Crippen LogP contribution in [-0.4, -0.2) is 22.9 Å². The molecule has 1 rings (SSSR count). The molecule has 70 valence electrons. The predicted octanol–water partition coefficient (Wildman–Crippen LogP) is 1.44. The van der Waals surface area contributed by atoms with E-state index in [0.717, 1.165) is 11.1 Å². The van der Waals surface area contributed by atoms with Crippen molar-refractivity contribution in [3.8, 4) is 0 Å². The van der Waals surface area contributed by atoms with E-state index < -0.39 is 6.10 Å². The molecule has 0 aliphatic rings. The molecule has 13 heavy (non-hydrogen) atoms. The third-order valence-corrected chi connectivity index (χ3v) is 1.86. The first-order chi connectivity index (χ1) is 6.24. The third kappa shape index (κ3) is 3.01. The highest BCUT2D eigenvalue weighted by Gasteiger charge is 1.99. The van der Waals surface area contributed by atoms with E-state index in [-0.39, 0.29) is 6.61 Å². The number of hydrogen-bond acceptors (Lipinski definition) is 2. The first-order valence-electron chi connectivity index (χ1n) is 4.27. The smallest absolute Gasteiger partial charge is 0.0957 e. The fourth-order valence-corrected chi connectivity index (χ4v) is 1.14. The molecule has 1 aromatic rings. The Kier molecular flexibility index (Phi) is 3.68. The highest BCUT2D eigenvalue weighted by molar-refractivity contribution is 5.63. The van der Waals surface area contributed by atoms with Gasteiger partial charge in [0.1, 0.15) is 0 Å². The van der Waals surface area contributed by atoms with Crippen LogP contribution in [0, 0.1) is 0 Å². The molecular formula is C11H14O2. The minimum absolute atomic E-state index is 0.232. The molecule has 2 heteroatoms. The van der Waals surface area contributed by atoms with Gasteiger partial charge in [0.15, 0.2) is 0 Å². The molecule has 0 saturated heterocycles. The van der Waals surface area contributed by atoms with Crippen LogP contribution in [0.5, 0.6) is 0 Å². The zero-order chi connectivity index (χ0) is 9.68. The summed E-state index contributed by atoms with van der Waals surface area (Å²) in [5, 5.41) is 17.8. The summed E-state index contributed by atoms with van der Waals surface area (Å²) in [5.41, 5.74) is 2.04. The van der Waals surface area contributed by atoms with E-state index in [1.807, 2.05) is 37.3 Å². The lowest BCUT2D eigenvalue weighted by Crippen LogP contribution is -2.08. The standard InChI is InChI=1S/C11H14O2/c1-9(7-11(13)8-12)10-5-3-2-4-6-10/h2-7,11-13H,8H2,1H3. The van der Waals surface area contributed by atoms with Gasteiger partial charge < -0.3 is 10.2 Å². The van der Waals surface area contributed by atoms with Crippen molar-refractivity contribution in [1.29, 1.82) is 0 Å². The van der Waals surface area contributed by atoms with E-state index in [1.165, 1.54) is 0 Å². The van der Waals surface area contributed by atoms with Crippen molar-refractivity contribution >= 4 is 5.57 Å². The van der Waals surface area contributed by atoms with Crippen LogP contribution in [0.15, 0.2) is 36.4 Å². The molecule has 2 N–H and O–H groups in total. The van der Waals surface area contributed by atoms with E-state index in [9.17, 15) is 0 Å². The predicted molar refractivity (Wildman–Crippen MR) is 53.2 cm³/mol. The molecule has 0 heterocycles. The first kappa shape index (κ1) is 9.96. The fourth-order valence-electron chi connectivity index (χ4n) is 1.14. The highest BCUT2D eigenvalue weighted by atomic mass is 16.3. The Morgan fingerprint density at radius 1 is 1.38 bits per heavy atom. The molecule has 0 saturated carbocycles. The first-order valence-corrected chi connectivity index (χ1v) is 4.27. The number of hydrogen-bond donors (Lipinski definition) is 2. The van der Waals surface area contributed by atoms with Crippen molar-refractivity contribution in [2.45, 2.75) is 13.0 Å². The lowest BCUT2D eigenvalue weighted by molar-refractivity contribution is 0.131. The van der Waals surface area contributed by atoms with E-state index in [0.29, 0.717) is 0 Å². The van der Waals surface area contributed by atoms with Gasteiger partial charge in [0.2, 0.25) is 0 Å². The van der Waals surface area contributed by atoms with Crippen molar-refractivity contribution < 1.29 is 10.2 Å². The van der Waals surface area contributed by atoms with Gasteiger partial charge in [-0.2, -0.15) is 0 Å². The van der Waals surface area contributed by atoms with E-state index in [1.54, 1.807) is 6.08 Å². The summed E-state index contributed by atoms with van der Waals surface area (Å²) < 4.78 is 0. The quantitative estimate of drug-likeness (QED) is 0.735. The largest absolute Gasteiger partial charge is 0.393 e. The fraction of sp³-hybridized carbons (Fsp3) is 0.273. The maximum atomic E-state index is 9.16. The van der Waals surface area contributed by atoms with Gasteiger partial charge in [-0.1, -0.05) is 36.4 Å². The Morgan fingerprint density at radius 3 is 2.54 bits per heavy atom. The van der Waals surface area contributed by atoms with Crippen LogP contribution in [0.25, 0.3) is 5.57 Å². The van der Waals surface area contributed by atoms with Crippen LogP contribution in [-0.2, 0) is 0 Å². The summed E-state index contributed by atoms with van der Waals surface area (Å²) >= 11 is 0. The van der Waals surface area contributed by atoms with Crippen LogP contribution in [0.2, 0.25) is 0 Å². The van der Waals surface area contributed by atoms with E-state index >= 15 is 0 Å². The Hall–Kier alpha value is -1.12. The molecule has 1 atom stereocenters. The molecule has 0 fully saturated rings. The van der Waals surface area contributed by atoms with Crippen molar-refractivity contribution in [1.82, 2.24) is 0 Å². The van der Waals surface area contributed by atoms with E-state index in [2.05, 4.69) is 0 Å². The van der Waals surface area contributed by atoms with Crippen molar-refractivity contribution in [2.24, 2.45) is 0 Å². The van der Waals surface area contributed by atoms with Crippen LogP contribution in [0.3, 0.4) is 0 Å². The molecule has 0 aliphatic carbocycles. The zero-order valence-electron chi connectivity index (χ0n) is 7.64. The van der Waals surface area contributed by atoms with Gasteiger partial charge in [-0.05, 0) is 18.1 Å². The zero-order valence-corrected chi connectivity index (χ0v) is 7.64. The summed E-state index contributed by atoms with van der Waals surface area (Å²) in [5.74, 6) is 0. The average molecular weight is 178 g/mol. The second-order valence-electron chi connectivity index (χ2n) is 2.97. The minimum Gasteiger partial charge on any atom is -0.393 e. The Labute approximate surface area is 78.2 Å². The molecule has 2 nitrogen and oxygen atoms in total. The second-order valence-corrected chi connectivity index (χ2v) is 2.97. The average Bonchev–Trinajstić information content (AvgIpc) is 2.19. The number of rotatable bonds is 3. The van der Waals surface area contributed by atoms with Crippen LogP contribution >= 0.6 is 0 Å². The Bertz CT molecular complexity index is 277. The Morgan fingerprint density at radius 2 is 2.00 bits per heavy atom. The van der Waals surface area contributed by atoms with Gasteiger partial charge in [-0.3, -0.25) is 0 Å². The molecule has 0 aliphatic heterocycles. The maximum Gasteiger partial charge on any atom is 0.0957 e. The molecule has 0 spiro atoms. The molecule has 0 aromatic heterocycles. The van der Waals surface area contributed by atoms with Gasteiger partial charge in [0.05, 0.1) is 12.7 Å². The topological polar surface area (TPSA) is 40.5 Å². The lowest BCUT2D eigenvalue weighted by atomic mass is 10.1. The van der Waals surface area contributed by atoms with Crippen molar-refractivity contribution in [3.05, 3.63) is 42.0 Å². The number of allylic oxidation sites excluding steroid dienone is 1. The van der Waals surface area contributed by atoms with Gasteiger partial charge in [0, 0.05) is 0 Å². The third-order valence-electron chi connectivity index (χ3n) is 1.86. The number of aliphatic hydroxyl groups is 2. The van der Waals surface area contributed by atoms with Crippen LogP contribution in [0.4, 0.5) is 0 Å². The summed E-state index contributed by atoms with van der Waals surface area (Å²) in [6.07, 6.45) is 0.884. The van der Waals surface area contributed by atoms with Gasteiger partial charge >= 0.3 is 0 Å². The molecule has 1 unspecified atom stereocenters. The summed E-state index contributed by atoms with van der Waals surface area (Å²) in [6, 6.07) is 9.76. The second kappa shape index (κ2) is 4.80. The van der Waals surface area contributed by atoms with Gasteiger partial charge in [0.25, 0.3) is 0 Å². The van der Waals surface area contributed by atoms with Gasteiger partial charge in [-0.25, -0.2) is 0 Å². The lowest BCUT2D eigenvalue weighted by Gasteiger charge is -2.04. The normalized spacial score (nSPS) is 14.2. The van der Waals surface area contributed by atoms with Crippen molar-refractivity contribution in [3.63, 3.8) is 0 Å². The highest BCUT2D eigenvalue weighted by Crippen LogP contribution is 2.13. The molecule has 0 bridgehead atoms. The van der Waals surface area contributed by atoms with Gasteiger partial charge in [-0.15, -0.1) is 0 Å². The molecule has 0 amide bonds. The molecular weight excluding hydrogens is 164 g/mol. The van der Waals surface area contributed by atoms with Crippen LogP contribution < -0.4 is 0 Å². The minimum atomic E-state index is -0.764. The maximum absolute atomic E-state index is 9.16. The summed E-state index contributed by atoms with van der Waals surface area (Å²) in [7, 11) is 0. The van der Waals surface area contributed by atoms with Crippen molar-refractivity contribution in [2.75, 3.05) is 6.61 Å². The molecule has 1 aromatic carbocycles. The van der Waals surface area contributed by atoms with E-state index in [4.69, 9.17) is 10.2 Å². The summed E-state index contributed by atoms with van der Waals surface area (Å²) in [4.78, 5) is 0. The Balaban J connectivity index is 2.79. The number of aliphatic hydroxyl groups excluding tert-OH is 2. The van der Waals surface area contributed by atoms with Crippen LogP contribution in [0.1, 0.15) is 12.5 Å². The summed E-state index contributed by atoms with van der Waals surface area (Å²) in [6.45, 7) is 1.68. The SMILES string of the molecule is CC(=CC(O)CO)c1ccccc1. The number of benzene rings is 1. The molecule has 0 radical (unpaired) electrons. The monoisotopic (exact) mass is 178 g/mol.